The summed E-state index contributed by atoms with van der Waals surface area (Å²) in [5.41, 5.74) is 4.83. The van der Waals surface area contributed by atoms with E-state index in [0.29, 0.717) is 5.56 Å². The predicted octanol–water partition coefficient (Wildman–Crippen LogP) is 6.04. The van der Waals surface area contributed by atoms with Crippen LogP contribution >= 0.6 is 0 Å². The maximum atomic E-state index is 13.6. The molecule has 0 saturated heterocycles. The molecule has 0 aliphatic heterocycles. The van der Waals surface area contributed by atoms with Gasteiger partial charge in [-0.2, -0.15) is 0 Å². The maximum absolute atomic E-state index is 13.6. The first-order valence-corrected chi connectivity index (χ1v) is 14.4. The number of benzene rings is 4. The van der Waals surface area contributed by atoms with Crippen molar-refractivity contribution >= 4 is 27.8 Å². The van der Waals surface area contributed by atoms with Crippen LogP contribution in [0.3, 0.4) is 0 Å². The summed E-state index contributed by atoms with van der Waals surface area (Å²) in [6, 6.07) is 35.7. The van der Waals surface area contributed by atoms with Crippen molar-refractivity contribution in [2.24, 2.45) is 0 Å². The minimum Gasteiger partial charge on any atom is -0.349 e. The van der Waals surface area contributed by atoms with Crippen LogP contribution in [-0.2, 0) is 24.0 Å². The molecule has 1 unspecified atom stereocenters. The molecule has 0 spiro atoms. The van der Waals surface area contributed by atoms with Crippen molar-refractivity contribution in [1.29, 1.82) is 0 Å². The number of hydrogen-bond donors (Lipinski definition) is 2. The zero-order valence-electron chi connectivity index (χ0n) is 22.0. The van der Waals surface area contributed by atoms with E-state index in [4.69, 9.17) is 0 Å². The van der Waals surface area contributed by atoms with Gasteiger partial charge in [0.25, 0.3) is 5.91 Å². The van der Waals surface area contributed by atoms with E-state index in [2.05, 4.69) is 34.9 Å². The lowest BCUT2D eigenvalue weighted by Gasteiger charge is -2.20. The van der Waals surface area contributed by atoms with Crippen LogP contribution in [-0.4, -0.2) is 26.7 Å². The van der Waals surface area contributed by atoms with Crippen molar-refractivity contribution in [3.8, 4) is 0 Å². The topological polar surface area (TPSA) is 63.1 Å². The van der Waals surface area contributed by atoms with Crippen LogP contribution < -0.4 is 10.6 Å². The van der Waals surface area contributed by atoms with E-state index in [9.17, 15) is 9.00 Å². The van der Waals surface area contributed by atoms with E-state index in [1.807, 2.05) is 91.9 Å². The summed E-state index contributed by atoms with van der Waals surface area (Å²) in [5, 5.41) is 7.58. The van der Waals surface area contributed by atoms with Crippen LogP contribution in [0, 0.1) is 6.92 Å². The molecule has 5 nitrogen and oxygen atoms in total. The Kier molecular flexibility index (Phi) is 8.66. The molecule has 5 aromatic rings. The Morgan fingerprint density at radius 2 is 1.56 bits per heavy atom. The minimum atomic E-state index is -1.40. The fourth-order valence-electron chi connectivity index (χ4n) is 4.81. The number of aryl methyl sites for hydroxylation is 1. The lowest BCUT2D eigenvalue weighted by Crippen LogP contribution is -2.38. The largest absolute Gasteiger partial charge is 0.349 e. The van der Waals surface area contributed by atoms with Crippen molar-refractivity contribution in [3.05, 3.63) is 138 Å². The molecule has 0 aliphatic rings. The zero-order valence-corrected chi connectivity index (χ0v) is 22.9. The highest BCUT2D eigenvalue weighted by molar-refractivity contribution is 7.83. The first-order valence-electron chi connectivity index (χ1n) is 13.3. The molecular formula is C33H33N3O2S. The molecule has 6 heteroatoms. The number of amides is 1. The van der Waals surface area contributed by atoms with Gasteiger partial charge < -0.3 is 10.6 Å². The molecule has 1 aromatic heterocycles. The molecule has 1 amide bonds. The molecule has 0 bridgehead atoms. The monoisotopic (exact) mass is 535 g/mol. The second kappa shape index (κ2) is 12.7. The number of nitrogens with zero attached hydrogens (tertiary/aromatic N) is 1. The molecule has 0 saturated carbocycles. The van der Waals surface area contributed by atoms with Gasteiger partial charge in [-0.15, -0.1) is 0 Å². The van der Waals surface area contributed by atoms with Gasteiger partial charge in [0.15, 0.2) is 11.0 Å². The van der Waals surface area contributed by atoms with Gasteiger partial charge in [0, 0.05) is 29.7 Å². The third kappa shape index (κ3) is 6.72. The standard InChI is InChI=1S/C33H33N3O2S/c1-25-10-8-15-29(22-25)39(38)36-21-19-30-31(16-9-17-32(30)36)33(37)35-28(23-26-11-4-2-5-12-26)18-20-34-24-27-13-6-3-7-14-27/h2-17,19,21-22,28,34H,18,20,23-24H2,1H3,(H,35,37)/t28-,39?/m1/s1. The van der Waals surface area contributed by atoms with E-state index < -0.39 is 11.0 Å². The molecule has 39 heavy (non-hydrogen) atoms. The number of carbonyl (C=O) groups excluding carboxylic acids is 1. The quantitative estimate of drug-likeness (QED) is 0.203. The summed E-state index contributed by atoms with van der Waals surface area (Å²) in [4.78, 5) is 14.3. The van der Waals surface area contributed by atoms with Crippen LogP contribution in [0.15, 0.2) is 120 Å². The molecule has 198 valence electrons. The molecule has 0 radical (unpaired) electrons. The van der Waals surface area contributed by atoms with Gasteiger partial charge in [-0.1, -0.05) is 78.9 Å². The highest BCUT2D eigenvalue weighted by atomic mass is 32.2. The molecule has 0 aliphatic carbocycles. The summed E-state index contributed by atoms with van der Waals surface area (Å²) in [6.07, 6.45) is 3.34. The third-order valence-electron chi connectivity index (χ3n) is 6.81. The average molecular weight is 536 g/mol. The smallest absolute Gasteiger partial charge is 0.252 e. The first kappa shape index (κ1) is 26.6. The average Bonchev–Trinajstić information content (AvgIpc) is 3.40. The third-order valence-corrected chi connectivity index (χ3v) is 8.15. The molecular weight excluding hydrogens is 502 g/mol. The van der Waals surface area contributed by atoms with Gasteiger partial charge in [0.05, 0.1) is 10.4 Å². The van der Waals surface area contributed by atoms with Crippen molar-refractivity contribution in [2.45, 2.75) is 37.2 Å². The summed E-state index contributed by atoms with van der Waals surface area (Å²) < 4.78 is 15.1. The van der Waals surface area contributed by atoms with Crippen LogP contribution in [0.4, 0.5) is 0 Å². The molecule has 0 fully saturated rings. The van der Waals surface area contributed by atoms with Crippen molar-refractivity contribution in [3.63, 3.8) is 0 Å². The van der Waals surface area contributed by atoms with E-state index in [0.717, 1.165) is 47.3 Å². The summed E-state index contributed by atoms with van der Waals surface area (Å²) in [7, 11) is -1.40. The highest BCUT2D eigenvalue weighted by Gasteiger charge is 2.19. The SMILES string of the molecule is Cc1cccc(S(=O)n2ccc3c(C(=O)N[C@H](CCNCc4ccccc4)Cc4ccccc4)cccc32)c1. The molecule has 2 N–H and O–H groups in total. The second-order valence-corrected chi connectivity index (χ2v) is 11.1. The van der Waals surface area contributed by atoms with Crippen molar-refractivity contribution in [2.75, 3.05) is 6.54 Å². The number of carbonyl (C=O) groups is 1. The Bertz CT molecular complexity index is 1560. The molecule has 4 aromatic carbocycles. The Labute approximate surface area is 232 Å². The van der Waals surface area contributed by atoms with E-state index in [1.165, 1.54) is 11.1 Å². The van der Waals surface area contributed by atoms with Crippen LogP contribution in [0.2, 0.25) is 0 Å². The van der Waals surface area contributed by atoms with E-state index in [-0.39, 0.29) is 11.9 Å². The normalized spacial score (nSPS) is 12.7. The van der Waals surface area contributed by atoms with Crippen LogP contribution in [0.5, 0.6) is 0 Å². The zero-order chi connectivity index (χ0) is 27.0. The predicted molar refractivity (Wildman–Crippen MR) is 159 cm³/mol. The Morgan fingerprint density at radius 3 is 2.31 bits per heavy atom. The minimum absolute atomic E-state index is 0.0399. The van der Waals surface area contributed by atoms with Gasteiger partial charge in [0.1, 0.15) is 0 Å². The Hall–Kier alpha value is -4.00. The lowest BCUT2D eigenvalue weighted by molar-refractivity contribution is 0.0936. The van der Waals surface area contributed by atoms with Crippen molar-refractivity contribution < 1.29 is 9.00 Å². The van der Waals surface area contributed by atoms with Gasteiger partial charge in [-0.05, 0) is 73.3 Å². The number of aromatic nitrogens is 1. The van der Waals surface area contributed by atoms with E-state index in [1.54, 1.807) is 10.2 Å². The number of rotatable bonds is 11. The van der Waals surface area contributed by atoms with Crippen LogP contribution in [0.1, 0.15) is 33.5 Å². The van der Waals surface area contributed by atoms with Gasteiger partial charge in [-0.25, -0.2) is 4.21 Å². The fraction of sp³-hybridized carbons (Fsp3) is 0.182. The van der Waals surface area contributed by atoms with E-state index >= 15 is 0 Å². The fourth-order valence-corrected chi connectivity index (χ4v) is 6.03. The first-order chi connectivity index (χ1) is 19.1. The number of nitrogens with one attached hydrogen (secondary N) is 2. The lowest BCUT2D eigenvalue weighted by atomic mass is 10.0. The Morgan fingerprint density at radius 1 is 0.846 bits per heavy atom. The number of hydrogen-bond acceptors (Lipinski definition) is 3. The second-order valence-electron chi connectivity index (χ2n) is 9.76. The van der Waals surface area contributed by atoms with Gasteiger partial charge >= 0.3 is 0 Å². The molecule has 1 heterocycles. The Balaban J connectivity index is 1.32. The summed E-state index contributed by atoms with van der Waals surface area (Å²) >= 11 is 0. The highest BCUT2D eigenvalue weighted by Crippen LogP contribution is 2.24. The maximum Gasteiger partial charge on any atom is 0.252 e. The molecule has 2 atom stereocenters. The van der Waals surface area contributed by atoms with Crippen LogP contribution in [0.25, 0.3) is 10.9 Å². The number of fused-ring (bicyclic) bond motifs is 1. The summed E-state index contributed by atoms with van der Waals surface area (Å²) in [6.45, 7) is 3.56. The van der Waals surface area contributed by atoms with Crippen molar-refractivity contribution in [1.82, 2.24) is 14.6 Å². The summed E-state index contributed by atoms with van der Waals surface area (Å²) in [5.74, 6) is -0.122. The molecule has 5 rings (SSSR count). The van der Waals surface area contributed by atoms with Gasteiger partial charge in [-0.3, -0.25) is 8.77 Å². The van der Waals surface area contributed by atoms with Gasteiger partial charge in [0.2, 0.25) is 0 Å².